The van der Waals surface area contributed by atoms with Gasteiger partial charge in [0.2, 0.25) is 0 Å². The van der Waals surface area contributed by atoms with Crippen LogP contribution in [-0.2, 0) is 0 Å². The maximum Gasteiger partial charge on any atom is 0.155 e. The van der Waals surface area contributed by atoms with Crippen molar-refractivity contribution in [3.63, 3.8) is 0 Å². The van der Waals surface area contributed by atoms with E-state index in [1.54, 1.807) is 30.7 Å². The van der Waals surface area contributed by atoms with Crippen LogP contribution in [0, 0.1) is 11.6 Å². The molecule has 1 aliphatic rings. The Morgan fingerprint density at radius 3 is 2.78 bits per heavy atom. The van der Waals surface area contributed by atoms with Crippen molar-refractivity contribution in [1.82, 2.24) is 19.9 Å². The van der Waals surface area contributed by atoms with E-state index in [0.29, 0.717) is 28.5 Å². The average Bonchev–Trinajstić information content (AvgIpc) is 3.05. The summed E-state index contributed by atoms with van der Waals surface area (Å²) in [5.74, 6) is -0.979. The van der Waals surface area contributed by atoms with Gasteiger partial charge in [-0.05, 0) is 30.3 Å². The third-order valence-electron chi connectivity index (χ3n) is 4.39. The Kier molecular flexibility index (Phi) is 3.45. The molecule has 0 saturated heterocycles. The lowest BCUT2D eigenvalue weighted by Gasteiger charge is -2.08. The number of nitrogens with one attached hydrogen (secondary N) is 2. The van der Waals surface area contributed by atoms with Crippen LogP contribution in [0.3, 0.4) is 0 Å². The second kappa shape index (κ2) is 5.85. The van der Waals surface area contributed by atoms with Crippen LogP contribution in [0.1, 0.15) is 0 Å². The molecule has 27 heavy (non-hydrogen) atoms. The molecule has 4 heterocycles. The Labute approximate surface area is 157 Å². The summed E-state index contributed by atoms with van der Waals surface area (Å²) in [5.41, 5.74) is 3.02. The first-order valence-corrected chi connectivity index (χ1v) is 8.42. The molecule has 0 fully saturated rings. The van der Waals surface area contributed by atoms with Crippen molar-refractivity contribution in [3.8, 4) is 33.9 Å². The van der Waals surface area contributed by atoms with Gasteiger partial charge in [0.1, 0.15) is 23.2 Å². The predicted molar refractivity (Wildman–Crippen MR) is 98.7 cm³/mol. The van der Waals surface area contributed by atoms with Crippen LogP contribution < -0.4 is 5.32 Å². The van der Waals surface area contributed by atoms with Gasteiger partial charge < -0.3 is 10.3 Å². The molecule has 0 saturated carbocycles. The van der Waals surface area contributed by atoms with Gasteiger partial charge in [-0.2, -0.15) is 0 Å². The Balaban J connectivity index is 1.84. The van der Waals surface area contributed by atoms with E-state index < -0.39 is 11.6 Å². The van der Waals surface area contributed by atoms with E-state index in [-0.39, 0.29) is 16.4 Å². The van der Waals surface area contributed by atoms with Crippen LogP contribution in [0.5, 0.6) is 0 Å². The molecule has 0 bridgehead atoms. The van der Waals surface area contributed by atoms with Crippen LogP contribution in [0.25, 0.3) is 33.9 Å². The fourth-order valence-corrected chi connectivity index (χ4v) is 3.32. The molecule has 1 aromatic carbocycles. The molecule has 2 N–H and O–H groups in total. The summed E-state index contributed by atoms with van der Waals surface area (Å²) in [5, 5.41) is 3.05. The highest BCUT2D eigenvalue weighted by molar-refractivity contribution is 6.31. The molecule has 5 rings (SSSR count). The largest absolute Gasteiger partial charge is 0.338 e. The van der Waals surface area contributed by atoms with Gasteiger partial charge in [-0.25, -0.2) is 18.7 Å². The van der Waals surface area contributed by atoms with E-state index in [4.69, 9.17) is 11.6 Å². The van der Waals surface area contributed by atoms with Crippen LogP contribution >= 0.6 is 11.6 Å². The summed E-state index contributed by atoms with van der Waals surface area (Å²) in [6.07, 6.45) is 4.94. The minimum absolute atomic E-state index is 0.0527. The number of anilines is 2. The topological polar surface area (TPSA) is 66.5 Å². The molecule has 0 amide bonds. The summed E-state index contributed by atoms with van der Waals surface area (Å²) in [6.45, 7) is 0. The van der Waals surface area contributed by atoms with E-state index in [0.717, 1.165) is 11.6 Å². The molecule has 4 aromatic rings. The molecule has 3 aromatic heterocycles. The summed E-state index contributed by atoms with van der Waals surface area (Å²) >= 11 is 5.84. The average molecular weight is 382 g/mol. The lowest BCUT2D eigenvalue weighted by Crippen LogP contribution is -1.96. The molecule has 0 aliphatic carbocycles. The number of pyridine rings is 2. The summed E-state index contributed by atoms with van der Waals surface area (Å²) in [6, 6.07) is 7.69. The molecule has 0 unspecified atom stereocenters. The number of fused-ring (bicyclic) bond motifs is 5. The molecular weight excluding hydrogens is 372 g/mol. The van der Waals surface area contributed by atoms with E-state index in [2.05, 4.69) is 25.3 Å². The Morgan fingerprint density at radius 2 is 1.89 bits per heavy atom. The molecule has 5 nitrogen and oxygen atoms in total. The first-order chi connectivity index (χ1) is 13.1. The highest BCUT2D eigenvalue weighted by Gasteiger charge is 2.26. The number of aromatic nitrogens is 4. The van der Waals surface area contributed by atoms with E-state index in [1.165, 1.54) is 6.07 Å². The van der Waals surface area contributed by atoms with Gasteiger partial charge in [-0.1, -0.05) is 11.6 Å². The van der Waals surface area contributed by atoms with Crippen molar-refractivity contribution in [2.75, 3.05) is 5.32 Å². The highest BCUT2D eigenvalue weighted by Crippen LogP contribution is 2.43. The minimum atomic E-state index is -0.861. The van der Waals surface area contributed by atoms with Gasteiger partial charge in [0, 0.05) is 23.5 Å². The van der Waals surface area contributed by atoms with E-state index in [9.17, 15) is 8.78 Å². The zero-order valence-corrected chi connectivity index (χ0v) is 14.4. The van der Waals surface area contributed by atoms with Crippen molar-refractivity contribution in [2.45, 2.75) is 0 Å². The summed E-state index contributed by atoms with van der Waals surface area (Å²) in [4.78, 5) is 16.0. The van der Waals surface area contributed by atoms with Crippen LogP contribution in [-0.4, -0.2) is 19.9 Å². The first kappa shape index (κ1) is 15.9. The maximum absolute atomic E-state index is 14.5. The Morgan fingerprint density at radius 1 is 1.00 bits per heavy atom. The third-order valence-corrected chi connectivity index (χ3v) is 4.68. The second-order valence-electron chi connectivity index (χ2n) is 5.97. The zero-order chi connectivity index (χ0) is 18.5. The molecular formula is C19H10ClF2N5. The molecule has 0 atom stereocenters. The Bertz CT molecular complexity index is 1140. The number of hydrogen-bond acceptors (Lipinski definition) is 4. The Hall–Kier alpha value is -3.32. The van der Waals surface area contributed by atoms with Gasteiger partial charge in [0.25, 0.3) is 0 Å². The standard InChI is InChI=1S/C19H10ClF2N5/c20-11-3-4-12(21)14(15(11)22)19-26-16-9-5-7-23-8-13(9)25-18-10(17(16)27-19)2-1-6-24-18/h1-8H,(H,24,25)(H,26,27). The molecule has 0 radical (unpaired) electrons. The number of H-pyrrole nitrogens is 1. The van der Waals surface area contributed by atoms with Gasteiger partial charge in [0.05, 0.1) is 28.2 Å². The minimum Gasteiger partial charge on any atom is -0.338 e. The van der Waals surface area contributed by atoms with Gasteiger partial charge in [-0.3, -0.25) is 4.98 Å². The van der Waals surface area contributed by atoms with Crippen LogP contribution in [0.4, 0.5) is 20.3 Å². The maximum atomic E-state index is 14.5. The fraction of sp³-hybridized carbons (Fsp3) is 0. The number of halogens is 3. The lowest BCUT2D eigenvalue weighted by atomic mass is 10.1. The van der Waals surface area contributed by atoms with Crippen LogP contribution in [0.2, 0.25) is 5.02 Å². The van der Waals surface area contributed by atoms with Crippen molar-refractivity contribution in [1.29, 1.82) is 0 Å². The number of nitrogens with zero attached hydrogens (tertiary/aromatic N) is 3. The first-order valence-electron chi connectivity index (χ1n) is 8.04. The smallest absolute Gasteiger partial charge is 0.155 e. The predicted octanol–water partition coefficient (Wildman–Crippen LogP) is 5.19. The quantitative estimate of drug-likeness (QED) is 0.392. The normalized spacial score (nSPS) is 11.8. The second-order valence-corrected chi connectivity index (χ2v) is 6.38. The lowest BCUT2D eigenvalue weighted by molar-refractivity contribution is 0.588. The van der Waals surface area contributed by atoms with Gasteiger partial charge >= 0.3 is 0 Å². The fourth-order valence-electron chi connectivity index (χ4n) is 3.16. The molecule has 132 valence electrons. The van der Waals surface area contributed by atoms with E-state index in [1.807, 2.05) is 6.07 Å². The number of benzene rings is 1. The molecule has 8 heteroatoms. The zero-order valence-electron chi connectivity index (χ0n) is 13.6. The van der Waals surface area contributed by atoms with Crippen molar-refractivity contribution in [2.24, 2.45) is 0 Å². The number of hydrogen-bond donors (Lipinski definition) is 2. The number of imidazole rings is 1. The van der Waals surface area contributed by atoms with Crippen LogP contribution in [0.15, 0.2) is 48.9 Å². The van der Waals surface area contributed by atoms with Crippen molar-refractivity contribution < 1.29 is 8.78 Å². The third kappa shape index (κ3) is 2.39. The highest BCUT2D eigenvalue weighted by atomic mass is 35.5. The van der Waals surface area contributed by atoms with Crippen molar-refractivity contribution >= 4 is 23.1 Å². The number of rotatable bonds is 1. The SMILES string of the molecule is Fc1ccc(Cl)c(F)c1-c1nc2c([nH]1)-c1ccncc1Nc1ncccc1-2. The number of aromatic amines is 1. The van der Waals surface area contributed by atoms with Gasteiger partial charge in [0.15, 0.2) is 5.82 Å². The summed E-state index contributed by atoms with van der Waals surface area (Å²) < 4.78 is 28.9. The monoisotopic (exact) mass is 381 g/mol. The molecule has 1 aliphatic heterocycles. The van der Waals surface area contributed by atoms with Crippen molar-refractivity contribution in [3.05, 3.63) is 65.6 Å². The molecule has 0 spiro atoms. The van der Waals surface area contributed by atoms with Gasteiger partial charge in [-0.15, -0.1) is 0 Å². The summed E-state index contributed by atoms with van der Waals surface area (Å²) in [7, 11) is 0. The van der Waals surface area contributed by atoms with E-state index >= 15 is 0 Å².